The fourth-order valence-electron chi connectivity index (χ4n) is 1.40. The average molecular weight is 372 g/mol. The number of hydrogen-bond acceptors (Lipinski definition) is 2. The molecule has 0 saturated heterocycles. The fourth-order valence-corrected chi connectivity index (χ4v) is 2.53. The first-order valence-corrected chi connectivity index (χ1v) is 7.07. The van der Waals surface area contributed by atoms with Crippen LogP contribution in [0.1, 0.15) is 0 Å². The summed E-state index contributed by atoms with van der Waals surface area (Å²) in [5.41, 5.74) is 0.297. The first-order valence-electron chi connectivity index (χ1n) is 5.50. The molecule has 0 saturated carbocycles. The van der Waals surface area contributed by atoms with Gasteiger partial charge in [-0.3, -0.25) is 0 Å². The van der Waals surface area contributed by atoms with Gasteiger partial charge in [-0.05, 0) is 24.3 Å². The van der Waals surface area contributed by atoms with E-state index in [0.29, 0.717) is 10.7 Å². The smallest absolute Gasteiger partial charge is 0.200 e. The van der Waals surface area contributed by atoms with Gasteiger partial charge in [0.05, 0.1) is 10.6 Å². The molecular weight excluding hydrogens is 368 g/mol. The summed E-state index contributed by atoms with van der Waals surface area (Å²) in [6.07, 6.45) is 0. The summed E-state index contributed by atoms with van der Waals surface area (Å²) in [6, 6.07) is 5.91. The Hall–Kier alpha value is -1.31. The molecule has 0 aliphatic heterocycles. The lowest BCUT2D eigenvalue weighted by Gasteiger charge is -2.06. The van der Waals surface area contributed by atoms with Gasteiger partial charge in [-0.25, -0.2) is 26.9 Å². The maximum atomic E-state index is 13.5. The molecule has 0 heterocycles. The van der Waals surface area contributed by atoms with Gasteiger partial charge in [-0.1, -0.05) is 35.0 Å². The lowest BCUT2D eigenvalue weighted by molar-refractivity contribution is 0.361. The van der Waals surface area contributed by atoms with Gasteiger partial charge in [0.1, 0.15) is 0 Å². The van der Waals surface area contributed by atoms with Gasteiger partial charge in [0, 0.05) is 5.02 Å². The third-order valence-electron chi connectivity index (χ3n) is 2.40. The van der Waals surface area contributed by atoms with Crippen LogP contribution in [0.3, 0.4) is 0 Å². The number of halogens is 7. The van der Waals surface area contributed by atoms with E-state index in [4.69, 9.17) is 23.2 Å². The molecular formula is C13H4Cl2F5NS. The molecule has 2 aromatic carbocycles. The molecule has 0 bridgehead atoms. The molecule has 0 radical (unpaired) electrons. The molecule has 0 spiro atoms. The zero-order valence-electron chi connectivity index (χ0n) is 10.3. The van der Waals surface area contributed by atoms with Crippen molar-refractivity contribution in [2.24, 2.45) is 4.99 Å². The molecule has 0 fully saturated rings. The quantitative estimate of drug-likeness (QED) is 0.156. The van der Waals surface area contributed by atoms with Gasteiger partial charge in [0.25, 0.3) is 0 Å². The van der Waals surface area contributed by atoms with Gasteiger partial charge in [-0.2, -0.15) is 0 Å². The molecule has 2 rings (SSSR count). The predicted octanol–water partition coefficient (Wildman–Crippen LogP) is 6.05. The number of rotatable bonds is 2. The highest BCUT2D eigenvalue weighted by atomic mass is 35.5. The van der Waals surface area contributed by atoms with Crippen LogP contribution < -0.4 is 0 Å². The summed E-state index contributed by atoms with van der Waals surface area (Å²) < 4.78 is 65.6. The van der Waals surface area contributed by atoms with Crippen LogP contribution in [0.25, 0.3) is 0 Å². The summed E-state index contributed by atoms with van der Waals surface area (Å²) in [5.74, 6) is -10.3. The maximum Gasteiger partial charge on any atom is 0.200 e. The minimum Gasteiger partial charge on any atom is -0.229 e. The van der Waals surface area contributed by atoms with E-state index in [1.165, 1.54) is 24.3 Å². The van der Waals surface area contributed by atoms with Gasteiger partial charge in [0.15, 0.2) is 27.8 Å². The second kappa shape index (κ2) is 6.85. The van der Waals surface area contributed by atoms with Crippen LogP contribution in [-0.4, -0.2) is 4.50 Å². The highest BCUT2D eigenvalue weighted by Crippen LogP contribution is 2.33. The Morgan fingerprint density at radius 1 is 0.818 bits per heavy atom. The van der Waals surface area contributed by atoms with E-state index in [9.17, 15) is 22.0 Å². The summed E-state index contributed by atoms with van der Waals surface area (Å²) in [7, 11) is 0. The molecule has 1 nitrogen and oxygen atoms in total. The largest absolute Gasteiger partial charge is 0.229 e. The maximum absolute atomic E-state index is 13.5. The van der Waals surface area contributed by atoms with Crippen molar-refractivity contribution < 1.29 is 22.0 Å². The monoisotopic (exact) mass is 371 g/mol. The van der Waals surface area contributed by atoms with Crippen LogP contribution in [0.5, 0.6) is 0 Å². The summed E-state index contributed by atoms with van der Waals surface area (Å²) in [5, 5.41) is 0.433. The number of hydrogen-bond donors (Lipinski definition) is 0. The molecule has 0 aliphatic carbocycles. The normalized spacial score (nSPS) is 11.9. The van der Waals surface area contributed by atoms with Gasteiger partial charge in [0.2, 0.25) is 5.82 Å². The van der Waals surface area contributed by atoms with Crippen LogP contribution in [-0.2, 0) is 0 Å². The Morgan fingerprint density at radius 3 is 1.77 bits per heavy atom. The predicted molar refractivity (Wildman–Crippen MR) is 76.5 cm³/mol. The summed E-state index contributed by atoms with van der Waals surface area (Å²) >= 11 is 11.5. The second-order valence-corrected chi connectivity index (χ2v) is 5.86. The molecule has 0 aromatic heterocycles. The molecule has 22 heavy (non-hydrogen) atoms. The average Bonchev–Trinajstić information content (AvgIpc) is 2.50. The SMILES string of the molecule is Fc1c(F)c(F)c(SC(Cl)=Nc2ccc(Cl)cc2)c(F)c1F. The van der Waals surface area contributed by atoms with E-state index >= 15 is 0 Å². The Labute approximate surface area is 135 Å². The third-order valence-corrected chi connectivity index (χ3v) is 3.79. The van der Waals surface area contributed by atoms with Crippen molar-refractivity contribution in [3.8, 4) is 0 Å². The lowest BCUT2D eigenvalue weighted by atomic mass is 10.3. The highest BCUT2D eigenvalue weighted by Gasteiger charge is 2.26. The van der Waals surface area contributed by atoms with Gasteiger partial charge < -0.3 is 0 Å². The molecule has 116 valence electrons. The minimum absolute atomic E-state index is 0.119. The van der Waals surface area contributed by atoms with Gasteiger partial charge in [-0.15, -0.1) is 0 Å². The van der Waals surface area contributed by atoms with Crippen LogP contribution in [0.2, 0.25) is 5.02 Å². The van der Waals surface area contributed by atoms with E-state index < -0.39 is 38.5 Å². The van der Waals surface area contributed by atoms with Crippen molar-refractivity contribution in [1.29, 1.82) is 0 Å². The fraction of sp³-hybridized carbons (Fsp3) is 0. The Kier molecular flexibility index (Phi) is 5.31. The van der Waals surface area contributed by atoms with Crippen molar-refractivity contribution in [1.82, 2.24) is 0 Å². The van der Waals surface area contributed by atoms with Crippen LogP contribution in [0, 0.1) is 29.1 Å². The van der Waals surface area contributed by atoms with E-state index in [2.05, 4.69) is 4.99 Å². The minimum atomic E-state index is -2.23. The molecule has 0 amide bonds. The highest BCUT2D eigenvalue weighted by molar-refractivity contribution is 8.16. The van der Waals surface area contributed by atoms with Crippen molar-refractivity contribution >= 4 is 45.2 Å². The zero-order valence-corrected chi connectivity index (χ0v) is 12.6. The number of aliphatic imine (C=N–C) groups is 1. The van der Waals surface area contributed by atoms with Gasteiger partial charge >= 0.3 is 0 Å². The standard InChI is InChI=1S/C13H4Cl2F5NS/c14-5-1-3-6(4-2-5)21-13(15)22-12-10(19)8(17)7(16)9(18)11(12)20/h1-4H. The molecule has 2 aromatic rings. The van der Waals surface area contributed by atoms with Crippen LogP contribution >= 0.6 is 35.0 Å². The summed E-state index contributed by atoms with van der Waals surface area (Å²) in [6.45, 7) is 0. The third kappa shape index (κ3) is 3.53. The van der Waals surface area contributed by atoms with E-state index in [0.717, 1.165) is 0 Å². The Morgan fingerprint density at radius 2 is 1.27 bits per heavy atom. The Balaban J connectivity index is 2.36. The van der Waals surface area contributed by atoms with Crippen molar-refractivity contribution in [2.75, 3.05) is 0 Å². The summed E-state index contributed by atoms with van der Waals surface area (Å²) in [4.78, 5) is 2.65. The number of thioether (sulfide) groups is 1. The van der Waals surface area contributed by atoms with E-state index in [-0.39, 0.29) is 11.8 Å². The van der Waals surface area contributed by atoms with Crippen molar-refractivity contribution in [3.05, 3.63) is 58.4 Å². The second-order valence-electron chi connectivity index (χ2n) is 3.84. The van der Waals surface area contributed by atoms with Crippen LogP contribution in [0.15, 0.2) is 34.2 Å². The zero-order chi connectivity index (χ0) is 16.4. The van der Waals surface area contributed by atoms with Crippen molar-refractivity contribution in [2.45, 2.75) is 4.90 Å². The topological polar surface area (TPSA) is 12.4 Å². The molecule has 0 N–H and O–H groups in total. The molecule has 0 unspecified atom stereocenters. The Bertz CT molecular complexity index is 720. The first-order chi connectivity index (χ1) is 10.3. The van der Waals surface area contributed by atoms with E-state index in [1.54, 1.807) is 0 Å². The molecule has 0 atom stereocenters. The lowest BCUT2D eigenvalue weighted by Crippen LogP contribution is -2.03. The molecule has 9 heteroatoms. The molecule has 0 aliphatic rings. The first kappa shape index (κ1) is 17.1. The number of benzene rings is 2. The van der Waals surface area contributed by atoms with Crippen LogP contribution in [0.4, 0.5) is 27.6 Å². The van der Waals surface area contributed by atoms with E-state index in [1.807, 2.05) is 0 Å². The number of nitrogens with zero attached hydrogens (tertiary/aromatic N) is 1. The van der Waals surface area contributed by atoms with Crippen molar-refractivity contribution in [3.63, 3.8) is 0 Å².